The summed E-state index contributed by atoms with van der Waals surface area (Å²) in [7, 11) is -5.25. The highest BCUT2D eigenvalue weighted by Crippen LogP contribution is 2.65. The minimum Gasteiger partial charge on any atom is -0.479 e. The first-order valence-corrected chi connectivity index (χ1v) is 18.5. The zero-order valence-corrected chi connectivity index (χ0v) is 29.3. The molecule has 51 heavy (non-hydrogen) atoms. The summed E-state index contributed by atoms with van der Waals surface area (Å²) in [5.41, 5.74) is 8.53. The Morgan fingerprint density at radius 1 is 0.941 bits per heavy atom. The molecule has 6 unspecified atom stereocenters. The van der Waals surface area contributed by atoms with E-state index in [4.69, 9.17) is 38.5 Å². The van der Waals surface area contributed by atoms with Crippen LogP contribution in [0.25, 0.3) is 11.2 Å². The van der Waals surface area contributed by atoms with E-state index in [9.17, 15) is 19.3 Å². The SMILES string of the molecule is C=C1[C@@H](C(O)([P+](=O)OC2COC(Cc3ccccc3)O2)[P+](=O)OC2COC(Cc3ccccc3)O2)[C@@H](O)C[C@@H]1n1cnc2c(OC)nc(N)nc21. The van der Waals surface area contributed by atoms with Gasteiger partial charge in [-0.2, -0.15) is 9.97 Å². The van der Waals surface area contributed by atoms with Crippen molar-refractivity contribution in [3.8, 4) is 5.88 Å². The van der Waals surface area contributed by atoms with Crippen molar-refractivity contribution in [1.82, 2.24) is 19.5 Å². The molecule has 0 radical (unpaired) electrons. The maximum absolute atomic E-state index is 14.2. The maximum Gasteiger partial charge on any atom is 0.606 e. The summed E-state index contributed by atoms with van der Waals surface area (Å²) in [6.07, 6.45) is -3.08. The molecule has 2 aromatic heterocycles. The predicted molar refractivity (Wildman–Crippen MR) is 180 cm³/mol. The van der Waals surface area contributed by atoms with Gasteiger partial charge in [-0.3, -0.25) is 0 Å². The van der Waals surface area contributed by atoms with Crippen molar-refractivity contribution in [2.75, 3.05) is 26.1 Å². The molecule has 18 heteroatoms. The van der Waals surface area contributed by atoms with E-state index in [1.54, 1.807) is 4.57 Å². The lowest BCUT2D eigenvalue weighted by atomic mass is 10.0. The molecule has 4 N–H and O–H groups in total. The van der Waals surface area contributed by atoms with Gasteiger partial charge >= 0.3 is 21.1 Å². The summed E-state index contributed by atoms with van der Waals surface area (Å²) in [5, 5.41) is 21.0. The summed E-state index contributed by atoms with van der Waals surface area (Å²) in [5.74, 6) is -1.44. The average molecular weight is 742 g/mol. The van der Waals surface area contributed by atoms with Gasteiger partial charge in [0, 0.05) is 12.8 Å². The third-order valence-corrected chi connectivity index (χ3v) is 12.4. The van der Waals surface area contributed by atoms with Gasteiger partial charge in [-0.25, -0.2) is 4.98 Å². The first kappa shape index (κ1) is 35.6. The van der Waals surface area contributed by atoms with Crippen LogP contribution in [0.4, 0.5) is 5.95 Å². The Kier molecular flexibility index (Phi) is 10.5. The van der Waals surface area contributed by atoms with E-state index in [2.05, 4.69) is 21.5 Å². The number of rotatable bonds is 13. The van der Waals surface area contributed by atoms with Crippen LogP contribution >= 0.6 is 16.1 Å². The van der Waals surface area contributed by atoms with Gasteiger partial charge in [0.25, 0.3) is 0 Å². The van der Waals surface area contributed by atoms with Crippen LogP contribution in [0.5, 0.6) is 5.88 Å². The minimum absolute atomic E-state index is 0.0553. The molecular weight excluding hydrogens is 704 g/mol. The lowest BCUT2D eigenvalue weighted by Crippen LogP contribution is -2.39. The Bertz CT molecular complexity index is 1830. The van der Waals surface area contributed by atoms with Crippen LogP contribution in [-0.2, 0) is 50.0 Å². The van der Waals surface area contributed by atoms with Gasteiger partial charge in [-0.05, 0) is 32.3 Å². The topological polar surface area (TPSA) is 209 Å². The number of benzene rings is 2. The molecular formula is C33H37N5O11P2+2. The van der Waals surface area contributed by atoms with Crippen LogP contribution in [0, 0.1) is 5.92 Å². The van der Waals surface area contributed by atoms with Crippen molar-refractivity contribution in [3.05, 3.63) is 90.3 Å². The van der Waals surface area contributed by atoms with Crippen LogP contribution in [0.3, 0.4) is 0 Å². The highest BCUT2D eigenvalue weighted by molar-refractivity contribution is 7.60. The van der Waals surface area contributed by atoms with Gasteiger partial charge in [-0.1, -0.05) is 67.2 Å². The lowest BCUT2D eigenvalue weighted by molar-refractivity contribution is -0.106. The second kappa shape index (κ2) is 15.1. The van der Waals surface area contributed by atoms with Gasteiger partial charge in [0.15, 0.2) is 23.7 Å². The second-order valence-corrected chi connectivity index (χ2v) is 15.4. The fourth-order valence-corrected chi connectivity index (χ4v) is 9.42. The number of nitrogens with zero attached hydrogens (tertiary/aromatic N) is 4. The number of imidazole rings is 1. The van der Waals surface area contributed by atoms with E-state index in [1.165, 1.54) is 13.4 Å². The van der Waals surface area contributed by atoms with Crippen LogP contribution in [0.15, 0.2) is 79.1 Å². The van der Waals surface area contributed by atoms with Crippen LogP contribution in [-0.4, -0.2) is 86.4 Å². The van der Waals surface area contributed by atoms with Crippen molar-refractivity contribution in [2.24, 2.45) is 5.92 Å². The van der Waals surface area contributed by atoms with Crippen molar-refractivity contribution >= 4 is 33.2 Å². The number of methoxy groups -OCH3 is 1. The fourth-order valence-electron chi connectivity index (χ4n) is 6.51. The number of hydrogen-bond acceptors (Lipinski definition) is 15. The molecule has 16 nitrogen and oxygen atoms in total. The molecule has 9 atom stereocenters. The van der Waals surface area contributed by atoms with E-state index in [-0.39, 0.29) is 42.7 Å². The third kappa shape index (κ3) is 7.30. The monoisotopic (exact) mass is 741 g/mol. The van der Waals surface area contributed by atoms with Gasteiger partial charge in [0.2, 0.25) is 24.4 Å². The normalized spacial score (nSPS) is 28.2. The predicted octanol–water partition coefficient (Wildman–Crippen LogP) is 3.94. The van der Waals surface area contributed by atoms with Crippen molar-refractivity contribution < 1.29 is 52.1 Å². The highest BCUT2D eigenvalue weighted by atomic mass is 31.2. The number of anilines is 1. The Labute approximate surface area is 294 Å². The molecule has 0 amide bonds. The number of nitrogens with two attached hydrogens (primary N) is 1. The summed E-state index contributed by atoms with van der Waals surface area (Å²) < 4.78 is 69.8. The highest BCUT2D eigenvalue weighted by Gasteiger charge is 2.79. The maximum atomic E-state index is 14.2. The van der Waals surface area contributed by atoms with Crippen LogP contribution < -0.4 is 10.5 Å². The first-order valence-electron chi connectivity index (χ1n) is 16.2. The first-order chi connectivity index (χ1) is 24.6. The van der Waals surface area contributed by atoms with Crippen LogP contribution in [0.1, 0.15) is 23.6 Å². The number of aromatic nitrogens is 4. The Morgan fingerprint density at radius 2 is 1.49 bits per heavy atom. The number of aliphatic hydroxyl groups is 2. The van der Waals surface area contributed by atoms with E-state index in [0.717, 1.165) is 11.1 Å². The van der Waals surface area contributed by atoms with Gasteiger partial charge in [-0.15, -0.1) is 9.05 Å². The molecule has 3 aliphatic rings. The van der Waals surface area contributed by atoms with Crippen molar-refractivity contribution in [2.45, 2.75) is 61.7 Å². The Hall–Kier alpha value is -3.79. The minimum atomic E-state index is -3.33. The fraction of sp³-hybridized carbons (Fsp3) is 0.424. The van der Waals surface area contributed by atoms with E-state index < -0.39 is 64.4 Å². The van der Waals surface area contributed by atoms with E-state index in [0.29, 0.717) is 18.4 Å². The summed E-state index contributed by atoms with van der Waals surface area (Å²) in [6, 6.07) is 18.2. The van der Waals surface area contributed by atoms with E-state index in [1.807, 2.05) is 60.7 Å². The molecule has 3 fully saturated rings. The largest absolute Gasteiger partial charge is 0.606 e. The van der Waals surface area contributed by atoms with E-state index >= 15 is 0 Å². The van der Waals surface area contributed by atoms with Crippen LogP contribution in [0.2, 0.25) is 0 Å². The Balaban J connectivity index is 1.13. The number of fused-ring (bicyclic) bond motifs is 1. The third-order valence-electron chi connectivity index (χ3n) is 8.93. The zero-order valence-electron chi connectivity index (χ0n) is 27.5. The molecule has 2 saturated heterocycles. The number of nitrogen functional groups attached to an aromatic ring is 1. The molecule has 0 bridgehead atoms. The number of aliphatic hydroxyl groups excluding tert-OH is 1. The lowest BCUT2D eigenvalue weighted by Gasteiger charge is -2.20. The smallest absolute Gasteiger partial charge is 0.479 e. The van der Waals surface area contributed by atoms with Crippen molar-refractivity contribution in [1.29, 1.82) is 0 Å². The van der Waals surface area contributed by atoms with Gasteiger partial charge in [0.05, 0.1) is 25.6 Å². The summed E-state index contributed by atoms with van der Waals surface area (Å²) >= 11 is 0. The molecule has 2 aromatic carbocycles. The summed E-state index contributed by atoms with van der Waals surface area (Å²) in [6.45, 7) is 3.92. The van der Waals surface area contributed by atoms with Gasteiger partial charge < -0.3 is 44.2 Å². The molecule has 4 aromatic rings. The zero-order chi connectivity index (χ0) is 35.7. The summed E-state index contributed by atoms with van der Waals surface area (Å²) in [4.78, 5) is 12.7. The molecule has 268 valence electrons. The molecule has 0 spiro atoms. The molecule has 4 heterocycles. The van der Waals surface area contributed by atoms with Gasteiger partial charge in [0.1, 0.15) is 19.1 Å². The molecule has 7 rings (SSSR count). The number of ether oxygens (including phenoxy) is 5. The van der Waals surface area contributed by atoms with Crippen molar-refractivity contribution in [3.63, 3.8) is 0 Å². The molecule has 2 aliphatic heterocycles. The average Bonchev–Trinajstić information content (AvgIpc) is 3.92. The quantitative estimate of drug-likeness (QED) is 0.131. The molecule has 1 saturated carbocycles. The standard InChI is InChI=1S/C33H37N5O11P2/c1-19-22(38-18-35-29-30(38)36-32(34)37-31(29)43-2)15-23(39)28(19)33(40,50(41)48-26-16-44-24(46-26)13-20-9-5-3-6-10-20)51(42)49-27-17-45-25(47-27)14-21-11-7-4-8-12-21/h3-12,18,22-28,39-40H,1,13-17H2,2H3,(H2,34,36,37)/q+2/t22-,23-,24?,25?,26?,27?,28+,33?/m0/s1. The Morgan fingerprint density at radius 3 is 2.02 bits per heavy atom. The second-order valence-electron chi connectivity index (χ2n) is 12.2. The molecule has 1 aliphatic carbocycles. The number of hydrogen-bond donors (Lipinski definition) is 3.